The minimum Gasteiger partial charge on any atom is -0.381 e. The minimum absolute atomic E-state index is 0.718. The molecule has 2 aromatic rings. The van der Waals surface area contributed by atoms with E-state index in [1.807, 2.05) is 12.1 Å². The summed E-state index contributed by atoms with van der Waals surface area (Å²) in [5, 5.41) is 0.859. The van der Waals surface area contributed by atoms with Gasteiger partial charge in [-0.25, -0.2) is 0 Å². The molecule has 0 aliphatic carbocycles. The highest BCUT2D eigenvalue weighted by Crippen LogP contribution is 2.22. The Balaban J connectivity index is 1.70. The molecule has 0 bridgehead atoms. The first kappa shape index (κ1) is 16.5. The van der Waals surface area contributed by atoms with E-state index in [-0.39, 0.29) is 0 Å². The van der Waals surface area contributed by atoms with Gasteiger partial charge in [-0.2, -0.15) is 0 Å². The van der Waals surface area contributed by atoms with Crippen LogP contribution in [0.1, 0.15) is 24.0 Å². The molecule has 1 saturated heterocycles. The van der Waals surface area contributed by atoms with Gasteiger partial charge in [0.15, 0.2) is 0 Å². The lowest BCUT2D eigenvalue weighted by Gasteiger charge is -2.30. The monoisotopic (exact) mass is 329 g/mol. The second-order valence-electron chi connectivity index (χ2n) is 6.30. The zero-order valence-electron chi connectivity index (χ0n) is 13.5. The fourth-order valence-electron chi connectivity index (χ4n) is 3.19. The van der Waals surface area contributed by atoms with Crippen LogP contribution in [-0.4, -0.2) is 24.7 Å². The third-order valence-corrected chi connectivity index (χ3v) is 4.83. The molecule has 1 aliphatic heterocycles. The van der Waals surface area contributed by atoms with Crippen LogP contribution in [0.2, 0.25) is 5.02 Å². The zero-order valence-corrected chi connectivity index (χ0v) is 14.2. The van der Waals surface area contributed by atoms with Crippen molar-refractivity contribution in [2.75, 3.05) is 19.8 Å². The Kier molecular flexibility index (Phi) is 6.09. The molecule has 0 atom stereocenters. The lowest BCUT2D eigenvalue weighted by Crippen LogP contribution is -2.32. The molecule has 0 spiro atoms. The van der Waals surface area contributed by atoms with Crippen molar-refractivity contribution >= 4 is 11.6 Å². The first-order chi connectivity index (χ1) is 11.3. The summed E-state index contributed by atoms with van der Waals surface area (Å²) in [5.74, 6) is 0.718. The highest BCUT2D eigenvalue weighted by Gasteiger charge is 2.18. The maximum absolute atomic E-state index is 6.37. The molecule has 1 heterocycles. The molecule has 3 heteroatoms. The molecular formula is C20H24ClNO. The first-order valence-corrected chi connectivity index (χ1v) is 8.76. The van der Waals surface area contributed by atoms with Crippen molar-refractivity contribution in [1.82, 2.24) is 4.90 Å². The molecule has 0 amide bonds. The lowest BCUT2D eigenvalue weighted by molar-refractivity contribution is 0.0502. The Labute approximate surface area is 144 Å². The van der Waals surface area contributed by atoms with Gasteiger partial charge in [-0.3, -0.25) is 4.90 Å². The predicted octanol–water partition coefficient (Wildman–Crippen LogP) is 4.77. The largest absolute Gasteiger partial charge is 0.381 e. The molecule has 2 nitrogen and oxygen atoms in total. The number of rotatable bonds is 6. The van der Waals surface area contributed by atoms with Gasteiger partial charge in [-0.05, 0) is 36.0 Å². The van der Waals surface area contributed by atoms with Crippen LogP contribution in [0.3, 0.4) is 0 Å². The van der Waals surface area contributed by atoms with Gasteiger partial charge in [-0.1, -0.05) is 60.1 Å². The van der Waals surface area contributed by atoms with Crippen molar-refractivity contribution in [2.45, 2.75) is 25.9 Å². The normalized spacial score (nSPS) is 15.9. The van der Waals surface area contributed by atoms with E-state index in [2.05, 4.69) is 47.4 Å². The summed E-state index contributed by atoms with van der Waals surface area (Å²) in [6.45, 7) is 4.75. The average Bonchev–Trinajstić information content (AvgIpc) is 2.59. The Bertz CT molecular complexity index is 596. The predicted molar refractivity (Wildman–Crippen MR) is 95.6 cm³/mol. The summed E-state index contributed by atoms with van der Waals surface area (Å²) >= 11 is 6.37. The number of halogens is 1. The van der Waals surface area contributed by atoms with Gasteiger partial charge in [0.25, 0.3) is 0 Å². The third-order valence-electron chi connectivity index (χ3n) is 4.46. The third kappa shape index (κ3) is 5.07. The van der Waals surface area contributed by atoms with Crippen LogP contribution in [0.5, 0.6) is 0 Å². The maximum atomic E-state index is 6.37. The average molecular weight is 330 g/mol. The van der Waals surface area contributed by atoms with E-state index in [1.165, 1.54) is 11.1 Å². The number of hydrogen-bond donors (Lipinski definition) is 0. The van der Waals surface area contributed by atoms with Crippen molar-refractivity contribution < 1.29 is 4.74 Å². The van der Waals surface area contributed by atoms with Crippen LogP contribution in [-0.2, 0) is 17.8 Å². The van der Waals surface area contributed by atoms with Crippen LogP contribution in [0.4, 0.5) is 0 Å². The molecule has 3 rings (SSSR count). The van der Waals surface area contributed by atoms with Crippen molar-refractivity contribution in [1.29, 1.82) is 0 Å². The molecule has 122 valence electrons. The van der Waals surface area contributed by atoms with Gasteiger partial charge in [0.2, 0.25) is 0 Å². The molecule has 0 radical (unpaired) electrons. The van der Waals surface area contributed by atoms with Crippen LogP contribution in [0, 0.1) is 5.92 Å². The maximum Gasteiger partial charge on any atom is 0.0469 e. The number of nitrogens with zero attached hydrogens (tertiary/aromatic N) is 1. The fraction of sp³-hybridized carbons (Fsp3) is 0.400. The van der Waals surface area contributed by atoms with E-state index < -0.39 is 0 Å². The second-order valence-corrected chi connectivity index (χ2v) is 6.71. The van der Waals surface area contributed by atoms with Crippen molar-refractivity contribution in [3.63, 3.8) is 0 Å². The number of ether oxygens (including phenoxy) is 1. The van der Waals surface area contributed by atoms with Gasteiger partial charge < -0.3 is 4.74 Å². The van der Waals surface area contributed by atoms with E-state index in [0.717, 1.165) is 56.6 Å². The van der Waals surface area contributed by atoms with E-state index in [4.69, 9.17) is 16.3 Å². The molecule has 2 aromatic carbocycles. The summed E-state index contributed by atoms with van der Waals surface area (Å²) in [6, 6.07) is 18.8. The van der Waals surface area contributed by atoms with Gasteiger partial charge in [0, 0.05) is 37.9 Å². The summed E-state index contributed by atoms with van der Waals surface area (Å²) in [7, 11) is 0. The summed E-state index contributed by atoms with van der Waals surface area (Å²) < 4.78 is 5.50. The van der Waals surface area contributed by atoms with Gasteiger partial charge in [-0.15, -0.1) is 0 Å². The molecule has 1 fully saturated rings. The van der Waals surface area contributed by atoms with E-state index >= 15 is 0 Å². The summed E-state index contributed by atoms with van der Waals surface area (Å²) in [5.41, 5.74) is 2.56. The first-order valence-electron chi connectivity index (χ1n) is 8.38. The molecule has 0 saturated carbocycles. The lowest BCUT2D eigenvalue weighted by atomic mass is 9.99. The summed E-state index contributed by atoms with van der Waals surface area (Å²) in [4.78, 5) is 2.52. The van der Waals surface area contributed by atoms with Crippen molar-refractivity contribution in [3.05, 3.63) is 70.7 Å². The van der Waals surface area contributed by atoms with Gasteiger partial charge >= 0.3 is 0 Å². The summed E-state index contributed by atoms with van der Waals surface area (Å²) in [6.07, 6.45) is 2.32. The minimum atomic E-state index is 0.718. The molecular weight excluding hydrogens is 306 g/mol. The van der Waals surface area contributed by atoms with Crippen LogP contribution < -0.4 is 0 Å². The Morgan fingerprint density at radius 2 is 1.61 bits per heavy atom. The Hall–Kier alpha value is -1.35. The second kappa shape index (κ2) is 8.49. The zero-order chi connectivity index (χ0) is 15.9. The number of benzene rings is 2. The number of hydrogen-bond acceptors (Lipinski definition) is 2. The Morgan fingerprint density at radius 1 is 0.913 bits per heavy atom. The SMILES string of the molecule is Clc1ccccc1CN(Cc1ccccc1)CC1CCOCC1. The highest BCUT2D eigenvalue weighted by atomic mass is 35.5. The topological polar surface area (TPSA) is 12.5 Å². The fourth-order valence-corrected chi connectivity index (χ4v) is 3.38. The van der Waals surface area contributed by atoms with Crippen LogP contribution in [0.25, 0.3) is 0 Å². The van der Waals surface area contributed by atoms with E-state index in [1.54, 1.807) is 0 Å². The van der Waals surface area contributed by atoms with Crippen molar-refractivity contribution in [2.24, 2.45) is 5.92 Å². The van der Waals surface area contributed by atoms with Crippen LogP contribution in [0.15, 0.2) is 54.6 Å². The highest BCUT2D eigenvalue weighted by molar-refractivity contribution is 6.31. The molecule has 1 aliphatic rings. The molecule has 23 heavy (non-hydrogen) atoms. The smallest absolute Gasteiger partial charge is 0.0469 e. The molecule has 0 unspecified atom stereocenters. The van der Waals surface area contributed by atoms with Gasteiger partial charge in [0.05, 0.1) is 0 Å². The van der Waals surface area contributed by atoms with E-state index in [9.17, 15) is 0 Å². The quantitative estimate of drug-likeness (QED) is 0.757. The van der Waals surface area contributed by atoms with Crippen LogP contribution >= 0.6 is 11.6 Å². The molecule has 0 aromatic heterocycles. The van der Waals surface area contributed by atoms with Gasteiger partial charge in [0.1, 0.15) is 0 Å². The standard InChI is InChI=1S/C20H24ClNO/c21-20-9-5-4-8-19(20)16-22(14-17-6-2-1-3-7-17)15-18-10-12-23-13-11-18/h1-9,18H,10-16H2. The van der Waals surface area contributed by atoms with E-state index in [0.29, 0.717) is 0 Å². The molecule has 0 N–H and O–H groups in total. The Morgan fingerprint density at radius 3 is 2.35 bits per heavy atom. The van der Waals surface area contributed by atoms with Crippen molar-refractivity contribution in [3.8, 4) is 0 Å².